The number of fused-ring (bicyclic) bond motifs is 6. The molecule has 0 bridgehead atoms. The summed E-state index contributed by atoms with van der Waals surface area (Å²) in [6.45, 7) is 13.0. The number of alkyl halides is 3. The standard InChI is InChI=1S/C46H38F3N3/c1-44(2,3)29-17-21-41-36(24-29)32-11-7-9-13-38(32)51(41)40-20-15-28(27-50)23-35(40)34-19-16-31(46(47,48)49)26-43(34)52-39-14-10-8-12-33(39)37-25-30(45(4,5)6)18-22-42(37)52/h7-26H,1-6H3. The van der Waals surface area contributed by atoms with Gasteiger partial charge in [-0.3, -0.25) is 0 Å². The highest BCUT2D eigenvalue weighted by atomic mass is 19.4. The quantitative estimate of drug-likeness (QED) is 0.182. The maximum Gasteiger partial charge on any atom is 0.416 e. The molecule has 8 rings (SSSR count). The van der Waals surface area contributed by atoms with Crippen LogP contribution in [0, 0.1) is 11.3 Å². The summed E-state index contributed by atoms with van der Waals surface area (Å²) in [5.74, 6) is 0. The molecule has 0 atom stereocenters. The first-order valence-corrected chi connectivity index (χ1v) is 17.5. The minimum Gasteiger partial charge on any atom is -0.309 e. The molecule has 258 valence electrons. The number of benzene rings is 6. The summed E-state index contributed by atoms with van der Waals surface area (Å²) in [6, 6.07) is 40.6. The summed E-state index contributed by atoms with van der Waals surface area (Å²) in [5, 5.41) is 14.2. The second kappa shape index (κ2) is 11.6. The van der Waals surface area contributed by atoms with Crippen LogP contribution < -0.4 is 0 Å². The molecule has 0 fully saturated rings. The van der Waals surface area contributed by atoms with Gasteiger partial charge in [0, 0.05) is 32.7 Å². The SMILES string of the molecule is CC(C)(C)c1ccc2c(c1)c1ccccc1n2-c1ccc(C#N)cc1-c1ccc(C(F)(F)F)cc1-n1c2ccccc2c2cc(C(C)(C)C)ccc21. The molecule has 0 amide bonds. The lowest BCUT2D eigenvalue weighted by molar-refractivity contribution is -0.137. The fourth-order valence-corrected chi connectivity index (χ4v) is 7.53. The molecule has 52 heavy (non-hydrogen) atoms. The first kappa shape index (κ1) is 33.3. The number of nitrogens with zero attached hydrogens (tertiary/aromatic N) is 3. The van der Waals surface area contributed by atoms with Crippen LogP contribution in [0.25, 0.3) is 66.1 Å². The Labute approximate surface area is 301 Å². The van der Waals surface area contributed by atoms with Crippen molar-refractivity contribution in [3.05, 3.63) is 144 Å². The monoisotopic (exact) mass is 689 g/mol. The number of hydrogen-bond donors (Lipinski definition) is 0. The molecule has 8 aromatic rings. The fraction of sp³-hybridized carbons (Fsp3) is 0.196. The molecule has 0 spiro atoms. The van der Waals surface area contributed by atoms with E-state index in [9.17, 15) is 18.4 Å². The third-order valence-electron chi connectivity index (χ3n) is 10.3. The Morgan fingerprint density at radius 1 is 0.462 bits per heavy atom. The van der Waals surface area contributed by atoms with Crippen molar-refractivity contribution < 1.29 is 13.2 Å². The van der Waals surface area contributed by atoms with E-state index in [1.807, 2.05) is 53.1 Å². The molecular formula is C46H38F3N3. The largest absolute Gasteiger partial charge is 0.416 e. The highest BCUT2D eigenvalue weighted by Gasteiger charge is 2.32. The van der Waals surface area contributed by atoms with Gasteiger partial charge in [-0.15, -0.1) is 0 Å². The van der Waals surface area contributed by atoms with Crippen molar-refractivity contribution >= 4 is 43.6 Å². The van der Waals surface area contributed by atoms with E-state index in [0.717, 1.165) is 60.9 Å². The number of nitriles is 1. The van der Waals surface area contributed by atoms with Crippen molar-refractivity contribution in [2.24, 2.45) is 0 Å². The maximum absolute atomic E-state index is 14.6. The van der Waals surface area contributed by atoms with E-state index in [0.29, 0.717) is 22.4 Å². The average molecular weight is 690 g/mol. The number of aromatic nitrogens is 2. The molecule has 0 N–H and O–H groups in total. The fourth-order valence-electron chi connectivity index (χ4n) is 7.53. The predicted octanol–water partition coefficient (Wildman–Crippen LogP) is 13.0. The molecular weight excluding hydrogens is 652 g/mol. The van der Waals surface area contributed by atoms with Crippen LogP contribution in [0.5, 0.6) is 0 Å². The Balaban J connectivity index is 1.49. The molecule has 0 saturated carbocycles. The highest BCUT2D eigenvalue weighted by molar-refractivity contribution is 6.11. The van der Waals surface area contributed by atoms with Gasteiger partial charge in [0.2, 0.25) is 0 Å². The van der Waals surface area contributed by atoms with Crippen LogP contribution in [-0.4, -0.2) is 9.13 Å². The van der Waals surface area contributed by atoms with Crippen molar-refractivity contribution in [1.29, 1.82) is 5.26 Å². The topological polar surface area (TPSA) is 33.6 Å². The molecule has 6 aromatic carbocycles. The van der Waals surface area contributed by atoms with Gasteiger partial charge in [0.1, 0.15) is 0 Å². The minimum atomic E-state index is -4.57. The van der Waals surface area contributed by atoms with Crippen LogP contribution in [0.1, 0.15) is 63.8 Å². The van der Waals surface area contributed by atoms with E-state index in [-0.39, 0.29) is 10.8 Å². The Morgan fingerprint density at radius 3 is 1.44 bits per heavy atom. The van der Waals surface area contributed by atoms with Crippen LogP contribution in [0.2, 0.25) is 0 Å². The lowest BCUT2D eigenvalue weighted by Gasteiger charge is -2.21. The van der Waals surface area contributed by atoms with Gasteiger partial charge in [0.05, 0.1) is 50.6 Å². The first-order chi connectivity index (χ1) is 24.6. The molecule has 6 heteroatoms. The smallest absolute Gasteiger partial charge is 0.309 e. The van der Waals surface area contributed by atoms with Crippen LogP contribution in [0.15, 0.2) is 121 Å². The summed E-state index contributed by atoms with van der Waals surface area (Å²) >= 11 is 0. The van der Waals surface area contributed by atoms with E-state index >= 15 is 0 Å². The third kappa shape index (κ3) is 5.35. The molecule has 0 radical (unpaired) electrons. The lowest BCUT2D eigenvalue weighted by Crippen LogP contribution is -2.11. The summed E-state index contributed by atoms with van der Waals surface area (Å²) in [5.41, 5.74) is 7.76. The summed E-state index contributed by atoms with van der Waals surface area (Å²) in [4.78, 5) is 0. The molecule has 3 nitrogen and oxygen atoms in total. The van der Waals surface area contributed by atoms with Crippen molar-refractivity contribution in [3.63, 3.8) is 0 Å². The van der Waals surface area contributed by atoms with Gasteiger partial charge in [0.15, 0.2) is 0 Å². The number of hydrogen-bond acceptors (Lipinski definition) is 1. The first-order valence-electron chi connectivity index (χ1n) is 17.5. The van der Waals surface area contributed by atoms with E-state index in [1.54, 1.807) is 18.2 Å². The average Bonchev–Trinajstić information content (AvgIpc) is 3.62. The lowest BCUT2D eigenvalue weighted by atomic mass is 9.86. The van der Waals surface area contributed by atoms with E-state index < -0.39 is 11.7 Å². The van der Waals surface area contributed by atoms with Crippen LogP contribution >= 0.6 is 0 Å². The molecule has 2 aromatic heterocycles. The second-order valence-corrected chi connectivity index (χ2v) is 15.7. The number of halogens is 3. The highest BCUT2D eigenvalue weighted by Crippen LogP contribution is 2.44. The van der Waals surface area contributed by atoms with Crippen molar-refractivity contribution in [1.82, 2.24) is 9.13 Å². The predicted molar refractivity (Wildman–Crippen MR) is 208 cm³/mol. The second-order valence-electron chi connectivity index (χ2n) is 15.7. The third-order valence-corrected chi connectivity index (χ3v) is 10.3. The maximum atomic E-state index is 14.6. The minimum absolute atomic E-state index is 0.0674. The number of para-hydroxylation sites is 2. The van der Waals surface area contributed by atoms with Crippen molar-refractivity contribution in [2.75, 3.05) is 0 Å². The van der Waals surface area contributed by atoms with Gasteiger partial charge in [-0.25, -0.2) is 0 Å². The normalized spacial score (nSPS) is 12.7. The van der Waals surface area contributed by atoms with Gasteiger partial charge in [-0.1, -0.05) is 96.1 Å². The van der Waals surface area contributed by atoms with E-state index in [1.165, 1.54) is 11.6 Å². The van der Waals surface area contributed by atoms with E-state index in [4.69, 9.17) is 0 Å². The van der Waals surface area contributed by atoms with Crippen molar-refractivity contribution in [2.45, 2.75) is 58.5 Å². The van der Waals surface area contributed by atoms with Crippen LogP contribution in [0.3, 0.4) is 0 Å². The molecule has 0 aliphatic heterocycles. The molecule has 0 saturated heterocycles. The summed E-state index contributed by atoms with van der Waals surface area (Å²) in [7, 11) is 0. The zero-order chi connectivity index (χ0) is 36.7. The van der Waals surface area contributed by atoms with Gasteiger partial charge < -0.3 is 9.13 Å². The summed E-state index contributed by atoms with van der Waals surface area (Å²) < 4.78 is 47.9. The Bertz CT molecular complexity index is 2760. The summed E-state index contributed by atoms with van der Waals surface area (Å²) in [6.07, 6.45) is -4.57. The molecule has 0 unspecified atom stereocenters. The van der Waals surface area contributed by atoms with Crippen LogP contribution in [-0.2, 0) is 17.0 Å². The molecule has 0 aliphatic rings. The van der Waals surface area contributed by atoms with Gasteiger partial charge in [-0.2, -0.15) is 18.4 Å². The molecule has 0 aliphatic carbocycles. The molecule has 2 heterocycles. The van der Waals surface area contributed by atoms with Crippen LogP contribution in [0.4, 0.5) is 13.2 Å². The zero-order valence-electron chi connectivity index (χ0n) is 30.0. The van der Waals surface area contributed by atoms with Gasteiger partial charge >= 0.3 is 6.18 Å². The Hall–Kier alpha value is -5.80. The zero-order valence-corrected chi connectivity index (χ0v) is 30.0. The number of rotatable bonds is 3. The van der Waals surface area contributed by atoms with Gasteiger partial charge in [0.25, 0.3) is 0 Å². The van der Waals surface area contributed by atoms with Gasteiger partial charge in [-0.05, 0) is 88.7 Å². The van der Waals surface area contributed by atoms with E-state index in [2.05, 4.69) is 94.6 Å². The Morgan fingerprint density at radius 2 is 0.942 bits per heavy atom. The Kier molecular flexibility index (Phi) is 7.45. The van der Waals surface area contributed by atoms with Crippen molar-refractivity contribution in [3.8, 4) is 28.6 Å².